The van der Waals surface area contributed by atoms with Gasteiger partial charge in [0.1, 0.15) is 0 Å². The van der Waals surface area contributed by atoms with Gasteiger partial charge in [0.15, 0.2) is 6.17 Å². The van der Waals surface area contributed by atoms with Crippen LogP contribution in [0.5, 0.6) is 0 Å². The maximum absolute atomic E-state index is 11.6. The Morgan fingerprint density at radius 1 is 1.42 bits per heavy atom. The first-order chi connectivity index (χ1) is 9.02. The van der Waals surface area contributed by atoms with Crippen LogP contribution in [0.25, 0.3) is 0 Å². The van der Waals surface area contributed by atoms with Crippen molar-refractivity contribution in [2.75, 3.05) is 13.2 Å². The van der Waals surface area contributed by atoms with Crippen molar-refractivity contribution >= 4 is 23.4 Å². The number of rotatable bonds is 6. The molecule has 1 aromatic rings. The number of nitrogens with one attached hydrogen (secondary N) is 2. The Morgan fingerprint density at radius 2 is 2.16 bits per heavy atom. The fourth-order valence-corrected chi connectivity index (χ4v) is 1.62. The zero-order valence-corrected chi connectivity index (χ0v) is 11.0. The van der Waals surface area contributed by atoms with E-state index in [1.165, 1.54) is 0 Å². The van der Waals surface area contributed by atoms with Crippen molar-refractivity contribution in [3.05, 3.63) is 34.9 Å². The second kappa shape index (κ2) is 7.73. The van der Waals surface area contributed by atoms with Gasteiger partial charge < -0.3 is 21.5 Å². The fraction of sp³-hybridized carbons (Fsp3) is 0.333. The molecule has 0 bridgehead atoms. The Kier molecular flexibility index (Phi) is 6.27. The Hall–Kier alpha value is -1.63. The number of carbonyl (C=O) groups excluding carboxylic acids is 2. The molecule has 2 amide bonds. The molecule has 0 aromatic heterocycles. The zero-order valence-electron chi connectivity index (χ0n) is 10.2. The zero-order chi connectivity index (χ0) is 14.3. The number of nitrogens with two attached hydrogens (primary N) is 1. The SMILES string of the molecule is NC(NC(=O)Cc1cccc(Cl)c1)C(=O)NCCO. The highest BCUT2D eigenvalue weighted by atomic mass is 35.5. The van der Waals surface area contributed by atoms with E-state index < -0.39 is 12.1 Å². The number of carbonyl (C=O) groups is 2. The Balaban J connectivity index is 2.44. The van der Waals surface area contributed by atoms with E-state index in [1.54, 1.807) is 24.3 Å². The molecule has 7 heteroatoms. The topological polar surface area (TPSA) is 104 Å². The molecule has 1 aromatic carbocycles. The van der Waals surface area contributed by atoms with Gasteiger partial charge in [0.25, 0.3) is 5.91 Å². The first-order valence-electron chi connectivity index (χ1n) is 5.71. The van der Waals surface area contributed by atoms with Crippen molar-refractivity contribution < 1.29 is 14.7 Å². The van der Waals surface area contributed by atoms with Gasteiger partial charge >= 0.3 is 0 Å². The molecule has 19 heavy (non-hydrogen) atoms. The average molecular weight is 286 g/mol. The van der Waals surface area contributed by atoms with Crippen molar-refractivity contribution in [2.24, 2.45) is 5.73 Å². The first-order valence-corrected chi connectivity index (χ1v) is 6.08. The van der Waals surface area contributed by atoms with E-state index in [4.69, 9.17) is 22.4 Å². The number of hydrogen-bond acceptors (Lipinski definition) is 4. The van der Waals surface area contributed by atoms with Gasteiger partial charge in [-0.15, -0.1) is 0 Å². The summed E-state index contributed by atoms with van der Waals surface area (Å²) < 4.78 is 0. The van der Waals surface area contributed by atoms with Crippen molar-refractivity contribution in [1.29, 1.82) is 0 Å². The van der Waals surface area contributed by atoms with E-state index in [1.807, 2.05) is 0 Å². The highest BCUT2D eigenvalue weighted by Gasteiger charge is 2.15. The van der Waals surface area contributed by atoms with Gasteiger partial charge in [-0.1, -0.05) is 23.7 Å². The molecule has 0 aliphatic rings. The van der Waals surface area contributed by atoms with Crippen molar-refractivity contribution in [3.8, 4) is 0 Å². The third-order valence-electron chi connectivity index (χ3n) is 2.26. The van der Waals surface area contributed by atoms with E-state index in [2.05, 4.69) is 10.6 Å². The Bertz CT molecular complexity index is 454. The quantitative estimate of drug-likeness (QED) is 0.524. The van der Waals surface area contributed by atoms with Crippen LogP contribution in [0.4, 0.5) is 0 Å². The normalized spacial score (nSPS) is 11.7. The molecule has 0 aliphatic heterocycles. The predicted molar refractivity (Wildman–Crippen MR) is 71.4 cm³/mol. The molecule has 0 radical (unpaired) electrons. The van der Waals surface area contributed by atoms with Crippen LogP contribution in [0.1, 0.15) is 5.56 Å². The van der Waals surface area contributed by atoms with Crippen LogP contribution < -0.4 is 16.4 Å². The lowest BCUT2D eigenvalue weighted by atomic mass is 10.1. The second-order valence-corrected chi connectivity index (χ2v) is 4.30. The summed E-state index contributed by atoms with van der Waals surface area (Å²) in [5, 5.41) is 13.8. The number of hydrogen-bond donors (Lipinski definition) is 4. The molecule has 6 nitrogen and oxygen atoms in total. The van der Waals surface area contributed by atoms with E-state index in [-0.39, 0.29) is 25.5 Å². The Morgan fingerprint density at radius 3 is 2.79 bits per heavy atom. The van der Waals surface area contributed by atoms with Crippen LogP contribution in [0.2, 0.25) is 5.02 Å². The largest absolute Gasteiger partial charge is 0.395 e. The van der Waals surface area contributed by atoms with Gasteiger partial charge in [-0.3, -0.25) is 9.59 Å². The number of halogens is 1. The van der Waals surface area contributed by atoms with Gasteiger partial charge in [0.05, 0.1) is 13.0 Å². The minimum atomic E-state index is -1.14. The lowest BCUT2D eigenvalue weighted by Crippen LogP contribution is -2.53. The summed E-state index contributed by atoms with van der Waals surface area (Å²) in [6.45, 7) is -0.0916. The molecule has 104 valence electrons. The number of aliphatic hydroxyl groups is 1. The molecular formula is C12H16ClN3O3. The summed E-state index contributed by atoms with van der Waals surface area (Å²) in [7, 11) is 0. The number of aliphatic hydroxyl groups excluding tert-OH is 1. The molecule has 0 saturated carbocycles. The van der Waals surface area contributed by atoms with Gasteiger partial charge in [-0.2, -0.15) is 0 Å². The minimum Gasteiger partial charge on any atom is -0.395 e. The van der Waals surface area contributed by atoms with Crippen LogP contribution in [-0.2, 0) is 16.0 Å². The highest BCUT2D eigenvalue weighted by molar-refractivity contribution is 6.30. The van der Waals surface area contributed by atoms with Crippen molar-refractivity contribution in [1.82, 2.24) is 10.6 Å². The molecule has 1 atom stereocenters. The lowest BCUT2D eigenvalue weighted by Gasteiger charge is -2.13. The predicted octanol–water partition coefficient (Wildman–Crippen LogP) is -0.608. The van der Waals surface area contributed by atoms with Gasteiger partial charge in [-0.05, 0) is 17.7 Å². The molecule has 0 spiro atoms. The lowest BCUT2D eigenvalue weighted by molar-refractivity contribution is -0.128. The van der Waals surface area contributed by atoms with Crippen LogP contribution in [0.15, 0.2) is 24.3 Å². The van der Waals surface area contributed by atoms with Gasteiger partial charge in [0.2, 0.25) is 5.91 Å². The van der Waals surface area contributed by atoms with E-state index >= 15 is 0 Å². The smallest absolute Gasteiger partial charge is 0.257 e. The summed E-state index contributed by atoms with van der Waals surface area (Å²) in [6, 6.07) is 6.86. The van der Waals surface area contributed by atoms with Crippen molar-refractivity contribution in [3.63, 3.8) is 0 Å². The highest BCUT2D eigenvalue weighted by Crippen LogP contribution is 2.10. The van der Waals surface area contributed by atoms with E-state index in [0.717, 1.165) is 5.56 Å². The molecule has 5 N–H and O–H groups in total. The van der Waals surface area contributed by atoms with Gasteiger partial charge in [-0.25, -0.2) is 0 Å². The fourth-order valence-electron chi connectivity index (χ4n) is 1.41. The first kappa shape index (κ1) is 15.4. The van der Waals surface area contributed by atoms with E-state index in [0.29, 0.717) is 5.02 Å². The summed E-state index contributed by atoms with van der Waals surface area (Å²) in [6.07, 6.45) is -1.06. The maximum Gasteiger partial charge on any atom is 0.257 e. The summed E-state index contributed by atoms with van der Waals surface area (Å²) in [4.78, 5) is 23.0. The molecule has 0 saturated heterocycles. The van der Waals surface area contributed by atoms with E-state index in [9.17, 15) is 9.59 Å². The molecule has 0 fully saturated rings. The molecule has 1 rings (SSSR count). The molecule has 0 heterocycles. The maximum atomic E-state index is 11.6. The average Bonchev–Trinajstić information content (AvgIpc) is 2.35. The standard InChI is InChI=1S/C12H16ClN3O3/c13-9-3-1-2-8(6-9)7-10(18)16-11(14)12(19)15-4-5-17/h1-3,6,11,17H,4-5,7,14H2,(H,15,19)(H,16,18). The third kappa shape index (κ3) is 5.69. The molecule has 1 unspecified atom stereocenters. The van der Waals surface area contributed by atoms with Crippen LogP contribution in [-0.4, -0.2) is 36.2 Å². The molecular weight excluding hydrogens is 270 g/mol. The van der Waals surface area contributed by atoms with Crippen LogP contribution >= 0.6 is 11.6 Å². The minimum absolute atomic E-state index is 0.0849. The third-order valence-corrected chi connectivity index (χ3v) is 2.50. The summed E-state index contributed by atoms with van der Waals surface area (Å²) >= 11 is 5.80. The van der Waals surface area contributed by atoms with Gasteiger partial charge in [0, 0.05) is 11.6 Å². The number of amides is 2. The van der Waals surface area contributed by atoms with Crippen molar-refractivity contribution in [2.45, 2.75) is 12.6 Å². The second-order valence-electron chi connectivity index (χ2n) is 3.87. The summed E-state index contributed by atoms with van der Waals surface area (Å²) in [5.74, 6) is -0.928. The number of benzene rings is 1. The molecule has 0 aliphatic carbocycles. The van der Waals surface area contributed by atoms with Crippen LogP contribution in [0.3, 0.4) is 0 Å². The van der Waals surface area contributed by atoms with Crippen LogP contribution in [0, 0.1) is 0 Å². The monoisotopic (exact) mass is 285 g/mol. The Labute approximate surface area is 115 Å². The summed E-state index contributed by atoms with van der Waals surface area (Å²) in [5.41, 5.74) is 6.22.